The first-order valence-corrected chi connectivity index (χ1v) is 5.48. The predicted molar refractivity (Wildman–Crippen MR) is 68.9 cm³/mol. The van der Waals surface area contributed by atoms with Gasteiger partial charge in [0.2, 0.25) is 5.88 Å². The van der Waals surface area contributed by atoms with Gasteiger partial charge < -0.3 is 15.8 Å². The highest BCUT2D eigenvalue weighted by molar-refractivity contribution is 5.62. The Morgan fingerprint density at radius 2 is 1.94 bits per heavy atom. The van der Waals surface area contributed by atoms with Crippen LogP contribution < -0.4 is 15.8 Å². The van der Waals surface area contributed by atoms with Crippen LogP contribution in [0.2, 0.25) is 0 Å². The average Bonchev–Trinajstić information content (AvgIpc) is 2.40. The van der Waals surface area contributed by atoms with Gasteiger partial charge in [0.1, 0.15) is 5.82 Å². The molecule has 0 aliphatic heterocycles. The number of nitrogens with one attached hydrogen (secondary N) is 1. The molecule has 0 fully saturated rings. The summed E-state index contributed by atoms with van der Waals surface area (Å²) in [6.45, 7) is 0.518. The van der Waals surface area contributed by atoms with Crippen LogP contribution in [0.5, 0.6) is 5.88 Å². The lowest BCUT2D eigenvalue weighted by Gasteiger charge is -2.09. The molecule has 0 atom stereocenters. The molecule has 1 aromatic carbocycles. The summed E-state index contributed by atoms with van der Waals surface area (Å²) in [5.41, 5.74) is 7.28. The summed E-state index contributed by atoms with van der Waals surface area (Å²) in [7, 11) is 1.54. The van der Waals surface area contributed by atoms with Crippen molar-refractivity contribution < 1.29 is 9.13 Å². The summed E-state index contributed by atoms with van der Waals surface area (Å²) < 4.78 is 17.8. The Morgan fingerprint density at radius 1 is 1.22 bits per heavy atom. The largest absolute Gasteiger partial charge is 0.481 e. The van der Waals surface area contributed by atoms with E-state index in [1.54, 1.807) is 31.4 Å². The van der Waals surface area contributed by atoms with Gasteiger partial charge in [0.05, 0.1) is 12.8 Å². The Hall–Kier alpha value is -2.30. The van der Waals surface area contributed by atoms with Crippen molar-refractivity contribution in [3.8, 4) is 5.88 Å². The maximum atomic E-state index is 12.7. The van der Waals surface area contributed by atoms with Crippen LogP contribution in [-0.2, 0) is 6.54 Å². The number of anilines is 2. The second kappa shape index (κ2) is 5.35. The van der Waals surface area contributed by atoms with Gasteiger partial charge in [0.25, 0.3) is 0 Å². The Labute approximate surface area is 105 Å². The van der Waals surface area contributed by atoms with Crippen molar-refractivity contribution in [2.45, 2.75) is 6.54 Å². The van der Waals surface area contributed by atoms with Gasteiger partial charge in [-0.2, -0.15) is 4.98 Å². The normalized spacial score (nSPS) is 10.1. The fourth-order valence-electron chi connectivity index (χ4n) is 1.50. The minimum Gasteiger partial charge on any atom is -0.481 e. The number of hydrogen-bond acceptors (Lipinski definition) is 4. The van der Waals surface area contributed by atoms with Crippen LogP contribution in [0.1, 0.15) is 5.56 Å². The van der Waals surface area contributed by atoms with Crippen LogP contribution in [0, 0.1) is 5.82 Å². The van der Waals surface area contributed by atoms with E-state index < -0.39 is 0 Å². The first-order chi connectivity index (χ1) is 8.69. The third kappa shape index (κ3) is 2.88. The second-order valence-corrected chi connectivity index (χ2v) is 3.77. The van der Waals surface area contributed by atoms with Gasteiger partial charge in [-0.25, -0.2) is 4.39 Å². The molecule has 0 spiro atoms. The molecule has 4 nitrogen and oxygen atoms in total. The molecule has 5 heteroatoms. The van der Waals surface area contributed by atoms with Gasteiger partial charge in [-0.3, -0.25) is 0 Å². The van der Waals surface area contributed by atoms with Crippen LogP contribution in [0.4, 0.5) is 15.9 Å². The molecule has 0 bridgehead atoms. The first kappa shape index (κ1) is 12.2. The maximum Gasteiger partial charge on any atom is 0.215 e. The Balaban J connectivity index is 2.07. The number of pyridine rings is 1. The van der Waals surface area contributed by atoms with Crippen LogP contribution in [0.3, 0.4) is 0 Å². The molecule has 0 unspecified atom stereocenters. The number of nitrogens with zero attached hydrogens (tertiary/aromatic N) is 1. The molecule has 1 heterocycles. The van der Waals surface area contributed by atoms with Crippen LogP contribution in [0.15, 0.2) is 36.4 Å². The van der Waals surface area contributed by atoms with Crippen molar-refractivity contribution in [1.82, 2.24) is 4.98 Å². The fourth-order valence-corrected chi connectivity index (χ4v) is 1.50. The van der Waals surface area contributed by atoms with E-state index in [9.17, 15) is 4.39 Å². The van der Waals surface area contributed by atoms with E-state index in [-0.39, 0.29) is 5.82 Å². The van der Waals surface area contributed by atoms with Crippen LogP contribution >= 0.6 is 0 Å². The summed E-state index contributed by atoms with van der Waals surface area (Å²) in [6, 6.07) is 9.66. The van der Waals surface area contributed by atoms with Crippen molar-refractivity contribution in [3.05, 3.63) is 47.8 Å². The summed E-state index contributed by atoms with van der Waals surface area (Å²) in [5, 5.41) is 3.08. The van der Waals surface area contributed by atoms with E-state index in [0.29, 0.717) is 23.9 Å². The highest BCUT2D eigenvalue weighted by Gasteiger charge is 2.03. The Morgan fingerprint density at radius 3 is 2.61 bits per heavy atom. The highest BCUT2D eigenvalue weighted by Crippen LogP contribution is 2.20. The molecule has 18 heavy (non-hydrogen) atoms. The first-order valence-electron chi connectivity index (χ1n) is 5.48. The third-order valence-electron chi connectivity index (χ3n) is 2.48. The van der Waals surface area contributed by atoms with Crippen molar-refractivity contribution >= 4 is 11.5 Å². The lowest BCUT2D eigenvalue weighted by molar-refractivity contribution is 0.398. The summed E-state index contributed by atoms with van der Waals surface area (Å²) in [4.78, 5) is 4.19. The van der Waals surface area contributed by atoms with E-state index in [1.165, 1.54) is 12.1 Å². The SMILES string of the molecule is COc1ccc(N)c(NCc2ccc(F)cc2)n1. The van der Waals surface area contributed by atoms with E-state index in [4.69, 9.17) is 10.5 Å². The lowest BCUT2D eigenvalue weighted by atomic mass is 10.2. The van der Waals surface area contributed by atoms with Gasteiger partial charge in [0, 0.05) is 12.6 Å². The number of nitrogens with two attached hydrogens (primary N) is 1. The molecular formula is C13H14FN3O. The van der Waals surface area contributed by atoms with E-state index in [2.05, 4.69) is 10.3 Å². The number of aromatic nitrogens is 1. The third-order valence-corrected chi connectivity index (χ3v) is 2.48. The molecule has 2 aromatic rings. The minimum absolute atomic E-state index is 0.252. The number of halogens is 1. The molecule has 0 radical (unpaired) electrons. The monoisotopic (exact) mass is 247 g/mol. The van der Waals surface area contributed by atoms with Gasteiger partial charge in [-0.15, -0.1) is 0 Å². The molecule has 0 aliphatic carbocycles. The van der Waals surface area contributed by atoms with Gasteiger partial charge in [0.15, 0.2) is 5.82 Å². The molecule has 0 saturated heterocycles. The Kier molecular flexibility index (Phi) is 3.62. The van der Waals surface area contributed by atoms with Gasteiger partial charge in [-0.1, -0.05) is 12.1 Å². The predicted octanol–water partition coefficient (Wildman–Crippen LogP) is 2.42. The smallest absolute Gasteiger partial charge is 0.215 e. The van der Waals surface area contributed by atoms with Crippen molar-refractivity contribution in [3.63, 3.8) is 0 Å². The standard InChI is InChI=1S/C13H14FN3O/c1-18-12-7-6-11(15)13(17-12)16-8-9-2-4-10(14)5-3-9/h2-7H,8,15H2,1H3,(H,16,17). The van der Waals surface area contributed by atoms with Crippen LogP contribution in [0.25, 0.3) is 0 Å². The number of rotatable bonds is 4. The fraction of sp³-hybridized carbons (Fsp3) is 0.154. The number of ether oxygens (including phenoxy) is 1. The molecular weight excluding hydrogens is 233 g/mol. The average molecular weight is 247 g/mol. The van der Waals surface area contributed by atoms with Gasteiger partial charge in [-0.05, 0) is 23.8 Å². The highest BCUT2D eigenvalue weighted by atomic mass is 19.1. The Bertz CT molecular complexity index is 528. The maximum absolute atomic E-state index is 12.7. The van der Waals surface area contributed by atoms with Crippen molar-refractivity contribution in [2.75, 3.05) is 18.2 Å². The number of nitrogen functional groups attached to an aromatic ring is 1. The van der Waals surface area contributed by atoms with E-state index in [0.717, 1.165) is 5.56 Å². The molecule has 94 valence electrons. The van der Waals surface area contributed by atoms with E-state index in [1.807, 2.05) is 0 Å². The molecule has 0 saturated carbocycles. The summed E-state index contributed by atoms with van der Waals surface area (Å²) in [5.74, 6) is 0.794. The van der Waals surface area contributed by atoms with Crippen molar-refractivity contribution in [2.24, 2.45) is 0 Å². The zero-order chi connectivity index (χ0) is 13.0. The number of methoxy groups -OCH3 is 1. The van der Waals surface area contributed by atoms with E-state index >= 15 is 0 Å². The molecule has 0 amide bonds. The number of benzene rings is 1. The number of hydrogen-bond donors (Lipinski definition) is 2. The molecule has 1 aromatic heterocycles. The second-order valence-electron chi connectivity index (χ2n) is 3.77. The van der Waals surface area contributed by atoms with Gasteiger partial charge >= 0.3 is 0 Å². The topological polar surface area (TPSA) is 60.2 Å². The lowest BCUT2D eigenvalue weighted by Crippen LogP contribution is -2.05. The zero-order valence-electron chi connectivity index (χ0n) is 9.98. The summed E-state index contributed by atoms with van der Waals surface area (Å²) >= 11 is 0. The zero-order valence-corrected chi connectivity index (χ0v) is 9.98. The van der Waals surface area contributed by atoms with Crippen LogP contribution in [-0.4, -0.2) is 12.1 Å². The summed E-state index contributed by atoms with van der Waals surface area (Å²) in [6.07, 6.45) is 0. The quantitative estimate of drug-likeness (QED) is 0.871. The minimum atomic E-state index is -0.252. The molecule has 0 aliphatic rings. The molecule has 3 N–H and O–H groups in total. The van der Waals surface area contributed by atoms with Crippen molar-refractivity contribution in [1.29, 1.82) is 0 Å². The molecule has 2 rings (SSSR count).